The standard InChI is InChI=1S/C27H27N5O4S2/c1-17-8-10-18(11-9-17)24(34)29-25-30-31-26(37-25)38(35,36)32-22-7-5-6-21(16-22)28-23(33)19-12-14-20(15-13-19)27(2,3)4/h5-16,32H,1-4H3,(H,28,33)(H,29,30,34). The van der Waals surface area contributed by atoms with Gasteiger partial charge in [0, 0.05) is 16.8 Å². The third kappa shape index (κ3) is 6.61. The van der Waals surface area contributed by atoms with Gasteiger partial charge in [0.15, 0.2) is 0 Å². The van der Waals surface area contributed by atoms with Gasteiger partial charge in [0.2, 0.25) is 5.13 Å². The Labute approximate surface area is 225 Å². The second-order valence-electron chi connectivity index (χ2n) is 9.66. The Bertz CT molecular complexity index is 1570. The van der Waals surface area contributed by atoms with Crippen LogP contribution < -0.4 is 15.4 Å². The molecule has 0 fully saturated rings. The highest BCUT2D eigenvalue weighted by Gasteiger charge is 2.22. The van der Waals surface area contributed by atoms with Crippen LogP contribution in [0.1, 0.15) is 52.6 Å². The molecule has 4 aromatic rings. The third-order valence-corrected chi connectivity index (χ3v) is 8.14. The van der Waals surface area contributed by atoms with Crippen molar-refractivity contribution in [2.75, 3.05) is 15.4 Å². The molecule has 3 aromatic carbocycles. The van der Waals surface area contributed by atoms with E-state index in [1.165, 1.54) is 6.07 Å². The molecule has 0 radical (unpaired) electrons. The minimum absolute atomic E-state index is 0.0269. The molecule has 1 aromatic heterocycles. The number of carbonyl (C=O) groups is 2. The van der Waals surface area contributed by atoms with Crippen molar-refractivity contribution in [1.29, 1.82) is 0 Å². The number of nitrogens with zero attached hydrogens (tertiary/aromatic N) is 2. The summed E-state index contributed by atoms with van der Waals surface area (Å²) in [5.74, 6) is -0.738. The Kier molecular flexibility index (Phi) is 7.61. The van der Waals surface area contributed by atoms with Crippen LogP contribution in [-0.2, 0) is 15.4 Å². The molecular weight excluding hydrogens is 522 g/mol. The van der Waals surface area contributed by atoms with Gasteiger partial charge in [0.1, 0.15) is 0 Å². The molecule has 0 saturated carbocycles. The van der Waals surface area contributed by atoms with Crippen molar-refractivity contribution in [2.45, 2.75) is 37.4 Å². The minimum atomic E-state index is -4.08. The summed E-state index contributed by atoms with van der Waals surface area (Å²) in [7, 11) is -4.08. The van der Waals surface area contributed by atoms with Gasteiger partial charge in [0.25, 0.3) is 26.2 Å². The summed E-state index contributed by atoms with van der Waals surface area (Å²) >= 11 is 0.726. The molecule has 3 N–H and O–H groups in total. The predicted molar refractivity (Wildman–Crippen MR) is 149 cm³/mol. The average Bonchev–Trinajstić information content (AvgIpc) is 3.33. The number of hydrogen-bond donors (Lipinski definition) is 3. The van der Waals surface area contributed by atoms with Crippen molar-refractivity contribution in [3.8, 4) is 0 Å². The van der Waals surface area contributed by atoms with E-state index in [0.29, 0.717) is 16.8 Å². The molecule has 11 heteroatoms. The molecule has 0 bridgehead atoms. The van der Waals surface area contributed by atoms with Gasteiger partial charge in [-0.2, -0.15) is 8.42 Å². The summed E-state index contributed by atoms with van der Waals surface area (Å²) in [5.41, 5.74) is 3.64. The monoisotopic (exact) mass is 549 g/mol. The zero-order chi connectivity index (χ0) is 27.5. The van der Waals surface area contributed by atoms with E-state index in [9.17, 15) is 18.0 Å². The van der Waals surface area contributed by atoms with E-state index in [-0.39, 0.29) is 26.5 Å². The quantitative estimate of drug-likeness (QED) is 0.263. The van der Waals surface area contributed by atoms with E-state index in [0.717, 1.165) is 22.5 Å². The number of sulfonamides is 1. The lowest BCUT2D eigenvalue weighted by atomic mass is 9.87. The van der Waals surface area contributed by atoms with Crippen LogP contribution in [-0.4, -0.2) is 30.4 Å². The highest BCUT2D eigenvalue weighted by atomic mass is 32.2. The van der Waals surface area contributed by atoms with E-state index in [4.69, 9.17) is 0 Å². The van der Waals surface area contributed by atoms with E-state index < -0.39 is 15.9 Å². The maximum atomic E-state index is 12.9. The Morgan fingerprint density at radius 2 is 1.37 bits per heavy atom. The van der Waals surface area contributed by atoms with Crippen molar-refractivity contribution < 1.29 is 18.0 Å². The summed E-state index contributed by atoms with van der Waals surface area (Å²) in [4.78, 5) is 25.1. The van der Waals surface area contributed by atoms with E-state index in [1.54, 1.807) is 54.6 Å². The second kappa shape index (κ2) is 10.7. The normalized spacial score (nSPS) is 11.6. The van der Waals surface area contributed by atoms with Gasteiger partial charge in [-0.1, -0.05) is 68.0 Å². The molecule has 0 aliphatic carbocycles. The molecular formula is C27H27N5O4S2. The first-order valence-corrected chi connectivity index (χ1v) is 14.0. The lowest BCUT2D eigenvalue weighted by Gasteiger charge is -2.19. The molecule has 0 aliphatic heterocycles. The first-order valence-electron chi connectivity index (χ1n) is 11.7. The van der Waals surface area contributed by atoms with Crippen LogP contribution in [0.4, 0.5) is 16.5 Å². The van der Waals surface area contributed by atoms with Gasteiger partial charge in [-0.15, -0.1) is 10.2 Å². The van der Waals surface area contributed by atoms with Gasteiger partial charge >= 0.3 is 0 Å². The fourth-order valence-corrected chi connectivity index (χ4v) is 5.37. The minimum Gasteiger partial charge on any atom is -0.322 e. The highest BCUT2D eigenvalue weighted by Crippen LogP contribution is 2.25. The summed E-state index contributed by atoms with van der Waals surface area (Å²) < 4.78 is 27.9. The first-order chi connectivity index (χ1) is 17.9. The molecule has 4 rings (SSSR count). The van der Waals surface area contributed by atoms with Gasteiger partial charge < -0.3 is 5.32 Å². The van der Waals surface area contributed by atoms with Gasteiger partial charge in [-0.3, -0.25) is 19.6 Å². The predicted octanol–water partition coefficient (Wildman–Crippen LogP) is 5.45. The number of carbonyl (C=O) groups excluding carboxylic acids is 2. The van der Waals surface area contributed by atoms with E-state index >= 15 is 0 Å². The SMILES string of the molecule is Cc1ccc(C(=O)Nc2nnc(S(=O)(=O)Nc3cccc(NC(=O)c4ccc(C(C)(C)C)cc4)c3)s2)cc1. The molecule has 9 nitrogen and oxygen atoms in total. The van der Waals surface area contributed by atoms with Crippen molar-refractivity contribution >= 4 is 49.7 Å². The zero-order valence-electron chi connectivity index (χ0n) is 21.3. The maximum Gasteiger partial charge on any atom is 0.291 e. The first kappa shape index (κ1) is 27.0. The summed E-state index contributed by atoms with van der Waals surface area (Å²) in [5, 5.41) is 12.9. The summed E-state index contributed by atoms with van der Waals surface area (Å²) in [6.45, 7) is 8.20. The van der Waals surface area contributed by atoms with Gasteiger partial charge in [-0.05, 0) is 60.4 Å². The molecule has 0 saturated heterocycles. The summed E-state index contributed by atoms with van der Waals surface area (Å²) in [6.07, 6.45) is 0. The van der Waals surface area contributed by atoms with Gasteiger partial charge in [-0.25, -0.2) is 0 Å². The molecule has 196 valence electrons. The maximum absolute atomic E-state index is 12.9. The van der Waals surface area contributed by atoms with Crippen molar-refractivity contribution in [2.24, 2.45) is 0 Å². The fourth-order valence-electron chi connectivity index (χ4n) is 3.43. The van der Waals surface area contributed by atoms with Crippen LogP contribution in [0.25, 0.3) is 0 Å². The third-order valence-electron chi connectivity index (χ3n) is 5.56. The number of amides is 2. The number of aryl methyl sites for hydroxylation is 1. The number of hydrogen-bond acceptors (Lipinski definition) is 7. The zero-order valence-corrected chi connectivity index (χ0v) is 22.9. The summed E-state index contributed by atoms with van der Waals surface area (Å²) in [6, 6.07) is 20.6. The second-order valence-corrected chi connectivity index (χ2v) is 12.5. The van der Waals surface area contributed by atoms with Gasteiger partial charge in [0.05, 0.1) is 5.69 Å². The molecule has 0 aliphatic rings. The number of anilines is 3. The molecule has 0 unspecified atom stereocenters. The smallest absolute Gasteiger partial charge is 0.291 e. The van der Waals surface area contributed by atoms with Crippen LogP contribution in [0.15, 0.2) is 77.1 Å². The Morgan fingerprint density at radius 3 is 2.00 bits per heavy atom. The Morgan fingerprint density at radius 1 is 0.789 bits per heavy atom. The molecule has 0 spiro atoms. The van der Waals surface area contributed by atoms with Crippen LogP contribution in [0.2, 0.25) is 0 Å². The number of nitrogens with one attached hydrogen (secondary N) is 3. The van der Waals surface area contributed by atoms with E-state index in [2.05, 4.69) is 46.3 Å². The number of aromatic nitrogens is 2. The molecule has 0 atom stereocenters. The number of rotatable bonds is 7. The number of benzene rings is 3. The van der Waals surface area contributed by atoms with Crippen LogP contribution in [0.3, 0.4) is 0 Å². The topological polar surface area (TPSA) is 130 Å². The molecule has 2 amide bonds. The molecule has 38 heavy (non-hydrogen) atoms. The Balaban J connectivity index is 1.42. The Hall–Kier alpha value is -4.09. The van der Waals surface area contributed by atoms with E-state index in [1.807, 2.05) is 19.1 Å². The lowest BCUT2D eigenvalue weighted by molar-refractivity contribution is 0.101. The van der Waals surface area contributed by atoms with Crippen molar-refractivity contribution in [1.82, 2.24) is 10.2 Å². The molecule has 1 heterocycles. The van der Waals surface area contributed by atoms with Crippen LogP contribution in [0, 0.1) is 6.92 Å². The van der Waals surface area contributed by atoms with Crippen LogP contribution in [0.5, 0.6) is 0 Å². The largest absolute Gasteiger partial charge is 0.322 e. The van der Waals surface area contributed by atoms with Crippen LogP contribution >= 0.6 is 11.3 Å². The highest BCUT2D eigenvalue weighted by molar-refractivity contribution is 7.94. The average molecular weight is 550 g/mol. The van der Waals surface area contributed by atoms with Crippen molar-refractivity contribution in [3.05, 3.63) is 95.1 Å². The lowest BCUT2D eigenvalue weighted by Crippen LogP contribution is -2.15. The van der Waals surface area contributed by atoms with Crippen molar-refractivity contribution in [3.63, 3.8) is 0 Å². The fraction of sp³-hybridized carbons (Fsp3) is 0.185.